The number of carbonyl (C=O) groups is 1. The topological polar surface area (TPSA) is 39.2 Å². The number of hydrogen-bond donors (Lipinski definition) is 0. The van der Waals surface area contributed by atoms with Crippen LogP contribution in [0.2, 0.25) is 5.02 Å². The lowest BCUT2D eigenvalue weighted by molar-refractivity contribution is -0.125. The van der Waals surface area contributed by atoms with Crippen LogP contribution in [0.25, 0.3) is 0 Å². The molecule has 2 atom stereocenters. The largest absolute Gasteiger partial charge is 0.368 e. The molecule has 1 amide bonds. The Labute approximate surface area is 212 Å². The minimum absolute atomic E-state index is 0.0427. The molecule has 3 aliphatic heterocycles. The van der Waals surface area contributed by atoms with Crippen LogP contribution in [-0.2, 0) is 11.2 Å². The lowest BCUT2D eigenvalue weighted by atomic mass is 9.67. The van der Waals surface area contributed by atoms with Crippen molar-refractivity contribution in [2.45, 2.75) is 19.4 Å². The van der Waals surface area contributed by atoms with Crippen molar-refractivity contribution in [3.05, 3.63) is 87.9 Å². The summed E-state index contributed by atoms with van der Waals surface area (Å²) in [5, 5.41) is 7.16. The smallest absolute Gasteiger partial charge is 0.261 e. The summed E-state index contributed by atoms with van der Waals surface area (Å²) in [4.78, 5) is 19.1. The Morgan fingerprint density at radius 1 is 1.00 bits per heavy atom. The third kappa shape index (κ3) is 3.27. The number of anilines is 3. The number of para-hydroxylation sites is 1. The summed E-state index contributed by atoms with van der Waals surface area (Å²) < 4.78 is 1.03. The second-order valence-electron chi connectivity index (χ2n) is 9.19. The van der Waals surface area contributed by atoms with E-state index < -0.39 is 5.41 Å². The maximum absolute atomic E-state index is 14.3. The van der Waals surface area contributed by atoms with Gasteiger partial charge in [0, 0.05) is 40.5 Å². The van der Waals surface area contributed by atoms with E-state index in [0.717, 1.165) is 46.2 Å². The van der Waals surface area contributed by atoms with Gasteiger partial charge in [0.05, 0.1) is 17.4 Å². The Balaban J connectivity index is 1.46. The number of hydrogen-bond acceptors (Lipinski definition) is 4. The van der Waals surface area contributed by atoms with E-state index in [1.807, 2.05) is 55.5 Å². The molecule has 3 heterocycles. The molecule has 0 saturated carbocycles. The molecule has 7 heteroatoms. The summed E-state index contributed by atoms with van der Waals surface area (Å²) in [6.45, 7) is 4.41. The van der Waals surface area contributed by atoms with Gasteiger partial charge in [-0.05, 0) is 67.4 Å². The highest BCUT2D eigenvalue weighted by atomic mass is 79.9. The third-order valence-electron chi connectivity index (χ3n) is 7.41. The summed E-state index contributed by atoms with van der Waals surface area (Å²) in [6, 6.07) is 24.1. The molecular weight excluding hydrogens is 512 g/mol. The van der Waals surface area contributed by atoms with Crippen LogP contribution >= 0.6 is 27.5 Å². The zero-order chi connectivity index (χ0) is 23.4. The van der Waals surface area contributed by atoms with Crippen molar-refractivity contribution in [3.63, 3.8) is 0 Å². The highest BCUT2D eigenvalue weighted by molar-refractivity contribution is 9.10. The number of piperazine rings is 1. The predicted molar refractivity (Wildman–Crippen MR) is 142 cm³/mol. The van der Waals surface area contributed by atoms with E-state index in [1.54, 1.807) is 5.01 Å². The average molecular weight is 536 g/mol. The average Bonchev–Trinajstić information content (AvgIpc) is 3.10. The van der Waals surface area contributed by atoms with Crippen LogP contribution in [0, 0.1) is 5.41 Å². The second kappa shape index (κ2) is 8.14. The number of hydrazone groups is 1. The molecule has 3 aromatic rings. The zero-order valence-corrected chi connectivity index (χ0v) is 21.1. The number of rotatable bonds is 2. The number of halogens is 2. The minimum Gasteiger partial charge on any atom is -0.368 e. The Morgan fingerprint density at radius 3 is 2.59 bits per heavy atom. The van der Waals surface area contributed by atoms with E-state index in [4.69, 9.17) is 16.7 Å². The van der Waals surface area contributed by atoms with Crippen LogP contribution in [0.4, 0.5) is 17.1 Å². The first-order valence-corrected chi connectivity index (χ1v) is 12.7. The Morgan fingerprint density at radius 2 is 1.79 bits per heavy atom. The third-order valence-corrected chi connectivity index (χ3v) is 8.14. The molecule has 2 unspecified atom stereocenters. The molecule has 0 aliphatic carbocycles. The molecule has 0 N–H and O–H groups in total. The fourth-order valence-corrected chi connectivity index (χ4v) is 6.35. The van der Waals surface area contributed by atoms with E-state index in [-0.39, 0.29) is 11.9 Å². The van der Waals surface area contributed by atoms with Gasteiger partial charge in [0.15, 0.2) is 0 Å². The van der Waals surface area contributed by atoms with Crippen molar-refractivity contribution in [1.82, 2.24) is 0 Å². The molecule has 1 fully saturated rings. The molecule has 3 aliphatic rings. The molecule has 172 valence electrons. The number of carbonyl (C=O) groups excluding carboxylic acids is 1. The van der Waals surface area contributed by atoms with Crippen molar-refractivity contribution < 1.29 is 4.79 Å². The lowest BCUT2D eigenvalue weighted by Gasteiger charge is -2.53. The lowest BCUT2D eigenvalue weighted by Crippen LogP contribution is -2.67. The Hall–Kier alpha value is -2.83. The van der Waals surface area contributed by atoms with Crippen LogP contribution in [0.1, 0.15) is 12.5 Å². The monoisotopic (exact) mass is 534 g/mol. The van der Waals surface area contributed by atoms with Gasteiger partial charge in [-0.2, -0.15) is 10.1 Å². The minimum atomic E-state index is -0.735. The van der Waals surface area contributed by atoms with Gasteiger partial charge in [0.2, 0.25) is 0 Å². The molecule has 1 spiro atoms. The van der Waals surface area contributed by atoms with E-state index in [9.17, 15) is 4.79 Å². The second-order valence-corrected chi connectivity index (χ2v) is 10.5. The SMILES string of the molecule is CC1=NN(c2ccccc2)C(=O)C12Cc1cc(Br)ccc1N1CCN(c3cccc(Cl)c3)CC12. The van der Waals surface area contributed by atoms with Gasteiger partial charge in [-0.1, -0.05) is 51.8 Å². The van der Waals surface area contributed by atoms with Crippen molar-refractivity contribution in [1.29, 1.82) is 0 Å². The van der Waals surface area contributed by atoms with Crippen LogP contribution < -0.4 is 14.8 Å². The highest BCUT2D eigenvalue weighted by Gasteiger charge is 2.60. The molecule has 34 heavy (non-hydrogen) atoms. The van der Waals surface area contributed by atoms with Gasteiger partial charge in [0.25, 0.3) is 5.91 Å². The van der Waals surface area contributed by atoms with Gasteiger partial charge in [-0.25, -0.2) is 0 Å². The maximum atomic E-state index is 14.3. The molecular formula is C27H24BrClN4O. The van der Waals surface area contributed by atoms with Gasteiger partial charge < -0.3 is 9.80 Å². The first-order valence-electron chi connectivity index (χ1n) is 11.5. The van der Waals surface area contributed by atoms with Crippen LogP contribution in [-0.4, -0.2) is 37.3 Å². The normalized spacial score (nSPS) is 23.7. The first kappa shape index (κ1) is 21.7. The number of amides is 1. The summed E-state index contributed by atoms with van der Waals surface area (Å²) >= 11 is 9.95. The van der Waals surface area contributed by atoms with E-state index in [1.165, 1.54) is 11.3 Å². The summed E-state index contributed by atoms with van der Waals surface area (Å²) in [7, 11) is 0. The molecule has 6 rings (SSSR count). The first-order chi connectivity index (χ1) is 16.5. The summed E-state index contributed by atoms with van der Waals surface area (Å²) in [5.74, 6) is 0.0461. The van der Waals surface area contributed by atoms with Crippen LogP contribution in [0.5, 0.6) is 0 Å². The molecule has 1 saturated heterocycles. The Kier molecular flexibility index (Phi) is 5.19. The number of fused-ring (bicyclic) bond motifs is 4. The van der Waals surface area contributed by atoms with Gasteiger partial charge in [0.1, 0.15) is 5.41 Å². The molecule has 0 aromatic heterocycles. The standard InChI is InChI=1S/C27H24BrClN4O/c1-18-27(26(34)33(30-18)22-7-3-2-4-8-22)16-19-14-20(28)10-11-24(19)32-13-12-31(17-25(27)32)23-9-5-6-21(29)15-23/h2-11,14-15,25H,12-13,16-17H2,1H3. The summed E-state index contributed by atoms with van der Waals surface area (Å²) in [5.41, 5.74) is 4.42. The zero-order valence-electron chi connectivity index (χ0n) is 18.8. The van der Waals surface area contributed by atoms with E-state index >= 15 is 0 Å². The van der Waals surface area contributed by atoms with Crippen molar-refractivity contribution >= 4 is 56.2 Å². The van der Waals surface area contributed by atoms with Gasteiger partial charge in [-0.3, -0.25) is 4.79 Å². The molecule has 0 radical (unpaired) electrons. The molecule has 3 aromatic carbocycles. The quantitative estimate of drug-likeness (QED) is 0.419. The number of nitrogens with zero attached hydrogens (tertiary/aromatic N) is 4. The van der Waals surface area contributed by atoms with Gasteiger partial charge >= 0.3 is 0 Å². The Bertz CT molecular complexity index is 1310. The maximum Gasteiger partial charge on any atom is 0.261 e. The van der Waals surface area contributed by atoms with Crippen LogP contribution in [0.15, 0.2) is 82.4 Å². The van der Waals surface area contributed by atoms with Crippen molar-refractivity contribution in [3.8, 4) is 0 Å². The van der Waals surface area contributed by atoms with E-state index in [2.05, 4.69) is 50.0 Å². The molecule has 0 bridgehead atoms. The van der Waals surface area contributed by atoms with Crippen LogP contribution in [0.3, 0.4) is 0 Å². The fourth-order valence-electron chi connectivity index (χ4n) is 5.75. The van der Waals surface area contributed by atoms with E-state index in [0.29, 0.717) is 6.42 Å². The predicted octanol–water partition coefficient (Wildman–Crippen LogP) is 5.76. The molecule has 5 nitrogen and oxygen atoms in total. The number of benzene rings is 3. The van der Waals surface area contributed by atoms with Gasteiger partial charge in [-0.15, -0.1) is 0 Å². The highest BCUT2D eigenvalue weighted by Crippen LogP contribution is 2.49. The summed E-state index contributed by atoms with van der Waals surface area (Å²) in [6.07, 6.45) is 0.629. The van der Waals surface area contributed by atoms with Crippen molar-refractivity contribution in [2.75, 3.05) is 34.4 Å². The fraction of sp³-hybridized carbons (Fsp3) is 0.259. The van der Waals surface area contributed by atoms with Crippen molar-refractivity contribution in [2.24, 2.45) is 10.5 Å².